The largest absolute Gasteiger partial charge is 0.316 e. The van der Waals surface area contributed by atoms with Crippen LogP contribution in [-0.2, 0) is 0 Å². The van der Waals surface area contributed by atoms with Gasteiger partial charge in [0.1, 0.15) is 6.20 Å². The van der Waals surface area contributed by atoms with E-state index >= 15 is 0 Å². The Morgan fingerprint density at radius 3 is 2.39 bits per heavy atom. The normalized spacial score (nSPS) is 10.9. The van der Waals surface area contributed by atoms with Crippen molar-refractivity contribution in [2.45, 2.75) is 6.43 Å². The maximum atomic E-state index is 12.6. The minimum atomic E-state index is -2.98. The third-order valence-corrected chi connectivity index (χ3v) is 2.75. The van der Waals surface area contributed by atoms with Gasteiger partial charge in [0.2, 0.25) is 5.69 Å². The lowest BCUT2D eigenvalue weighted by molar-refractivity contribution is -0.386. The lowest BCUT2D eigenvalue weighted by Gasteiger charge is -1.99. The molecule has 0 bridgehead atoms. The SMILES string of the molecule is O=[N+]([O-])c1cn(-c2ccc(Br)cc2)nc1C(F)F. The highest BCUT2D eigenvalue weighted by Gasteiger charge is 2.27. The van der Waals surface area contributed by atoms with Crippen molar-refractivity contribution >= 4 is 21.6 Å². The topological polar surface area (TPSA) is 61.0 Å². The summed E-state index contributed by atoms with van der Waals surface area (Å²) in [5, 5.41) is 14.2. The van der Waals surface area contributed by atoms with Crippen molar-refractivity contribution in [2.24, 2.45) is 0 Å². The highest BCUT2D eigenvalue weighted by atomic mass is 79.9. The van der Waals surface area contributed by atoms with E-state index in [0.717, 1.165) is 15.4 Å². The van der Waals surface area contributed by atoms with Crippen molar-refractivity contribution in [2.75, 3.05) is 0 Å². The van der Waals surface area contributed by atoms with E-state index in [9.17, 15) is 18.9 Å². The Morgan fingerprint density at radius 2 is 1.94 bits per heavy atom. The Bertz CT molecular complexity index is 583. The number of hydrogen-bond acceptors (Lipinski definition) is 3. The van der Waals surface area contributed by atoms with E-state index in [-0.39, 0.29) is 0 Å². The number of nitrogens with zero attached hydrogens (tertiary/aromatic N) is 3. The van der Waals surface area contributed by atoms with Gasteiger partial charge in [-0.3, -0.25) is 10.1 Å². The molecule has 8 heteroatoms. The van der Waals surface area contributed by atoms with Crippen molar-refractivity contribution in [3.63, 3.8) is 0 Å². The zero-order valence-electron chi connectivity index (χ0n) is 8.76. The summed E-state index contributed by atoms with van der Waals surface area (Å²) in [5.74, 6) is 0. The van der Waals surface area contributed by atoms with Crippen LogP contribution in [-0.4, -0.2) is 14.7 Å². The molecular formula is C10H6BrF2N3O2. The van der Waals surface area contributed by atoms with Crippen molar-refractivity contribution in [1.82, 2.24) is 9.78 Å². The molecule has 5 nitrogen and oxygen atoms in total. The Morgan fingerprint density at radius 1 is 1.33 bits per heavy atom. The summed E-state index contributed by atoms with van der Waals surface area (Å²) in [6, 6.07) is 6.59. The molecule has 94 valence electrons. The molecule has 0 saturated carbocycles. The Balaban J connectivity index is 2.49. The van der Waals surface area contributed by atoms with E-state index < -0.39 is 22.7 Å². The van der Waals surface area contributed by atoms with Crippen LogP contribution in [0.15, 0.2) is 34.9 Å². The van der Waals surface area contributed by atoms with Crippen molar-refractivity contribution in [3.8, 4) is 5.69 Å². The average Bonchev–Trinajstić information content (AvgIpc) is 2.75. The Hall–Kier alpha value is -1.83. The minimum absolute atomic E-state index is 0.466. The fourth-order valence-corrected chi connectivity index (χ4v) is 1.66. The molecule has 0 amide bonds. The molecule has 0 radical (unpaired) electrons. The van der Waals surface area contributed by atoms with Crippen LogP contribution in [0.5, 0.6) is 0 Å². The standard InChI is InChI=1S/C10H6BrF2N3O2/c11-6-1-3-7(4-2-6)15-5-8(16(17)18)9(14-15)10(12)13/h1-5,10H. The van der Waals surface area contributed by atoms with Gasteiger partial charge in [0.05, 0.1) is 10.6 Å². The van der Waals surface area contributed by atoms with Crippen molar-refractivity contribution in [3.05, 3.63) is 50.7 Å². The highest BCUT2D eigenvalue weighted by molar-refractivity contribution is 9.10. The molecule has 0 N–H and O–H groups in total. The molecule has 1 aromatic carbocycles. The van der Waals surface area contributed by atoms with Crippen LogP contribution < -0.4 is 0 Å². The van der Waals surface area contributed by atoms with Gasteiger partial charge >= 0.3 is 5.69 Å². The van der Waals surface area contributed by atoms with Crippen LogP contribution in [0, 0.1) is 10.1 Å². The molecule has 0 aliphatic carbocycles. The van der Waals surface area contributed by atoms with Crippen LogP contribution in [0.1, 0.15) is 12.1 Å². The number of halogens is 3. The molecule has 0 saturated heterocycles. The van der Waals surface area contributed by atoms with Gasteiger partial charge in [-0.05, 0) is 24.3 Å². The first-order valence-electron chi connectivity index (χ1n) is 4.77. The molecule has 1 heterocycles. The smallest absolute Gasteiger partial charge is 0.258 e. The summed E-state index contributed by atoms with van der Waals surface area (Å²) >= 11 is 3.23. The summed E-state index contributed by atoms with van der Waals surface area (Å²) in [6.07, 6.45) is -2.01. The molecule has 0 spiro atoms. The van der Waals surface area contributed by atoms with Gasteiger partial charge < -0.3 is 0 Å². The molecule has 0 atom stereocenters. The molecule has 0 aliphatic heterocycles. The Kier molecular flexibility index (Phi) is 3.37. The molecule has 0 unspecified atom stereocenters. The molecule has 18 heavy (non-hydrogen) atoms. The van der Waals surface area contributed by atoms with Crippen molar-refractivity contribution < 1.29 is 13.7 Å². The summed E-state index contributed by atoms with van der Waals surface area (Å²) in [5.41, 5.74) is -1.05. The van der Waals surface area contributed by atoms with Gasteiger partial charge in [-0.2, -0.15) is 5.10 Å². The summed E-state index contributed by atoms with van der Waals surface area (Å²) in [4.78, 5) is 9.77. The van der Waals surface area contributed by atoms with Gasteiger partial charge in [0.25, 0.3) is 6.43 Å². The highest BCUT2D eigenvalue weighted by Crippen LogP contribution is 2.28. The predicted molar refractivity (Wildman–Crippen MR) is 62.9 cm³/mol. The number of rotatable bonds is 3. The van der Waals surface area contributed by atoms with Gasteiger partial charge in [0.15, 0.2) is 0 Å². The van der Waals surface area contributed by atoms with E-state index in [4.69, 9.17) is 0 Å². The van der Waals surface area contributed by atoms with Gasteiger partial charge in [-0.1, -0.05) is 15.9 Å². The maximum Gasteiger partial charge on any atom is 0.316 e. The lowest BCUT2D eigenvalue weighted by atomic mass is 10.3. The minimum Gasteiger partial charge on any atom is -0.258 e. The van der Waals surface area contributed by atoms with Crippen LogP contribution >= 0.6 is 15.9 Å². The van der Waals surface area contributed by atoms with Gasteiger partial charge in [0, 0.05) is 4.47 Å². The third-order valence-electron chi connectivity index (χ3n) is 2.22. The fraction of sp³-hybridized carbons (Fsp3) is 0.100. The molecular weight excluding hydrogens is 312 g/mol. The maximum absolute atomic E-state index is 12.6. The summed E-state index contributed by atoms with van der Waals surface area (Å²) in [7, 11) is 0. The number of nitro groups is 1. The van der Waals surface area contributed by atoms with E-state index in [1.54, 1.807) is 24.3 Å². The fourth-order valence-electron chi connectivity index (χ4n) is 1.40. The van der Waals surface area contributed by atoms with Crippen LogP contribution in [0.25, 0.3) is 5.69 Å². The number of alkyl halides is 2. The number of aromatic nitrogens is 2. The lowest BCUT2D eigenvalue weighted by Crippen LogP contribution is -1.96. The molecule has 1 aromatic heterocycles. The first-order valence-corrected chi connectivity index (χ1v) is 5.56. The van der Waals surface area contributed by atoms with Crippen molar-refractivity contribution in [1.29, 1.82) is 0 Å². The second-order valence-electron chi connectivity index (χ2n) is 3.38. The second-order valence-corrected chi connectivity index (χ2v) is 4.29. The summed E-state index contributed by atoms with van der Waals surface area (Å²) in [6.45, 7) is 0. The second kappa shape index (κ2) is 4.81. The predicted octanol–water partition coefficient (Wildman–Crippen LogP) is 3.48. The first kappa shape index (κ1) is 12.6. The quantitative estimate of drug-likeness (QED) is 0.643. The molecule has 2 rings (SSSR count). The van der Waals surface area contributed by atoms with Gasteiger partial charge in [-0.25, -0.2) is 13.5 Å². The monoisotopic (exact) mass is 317 g/mol. The van der Waals surface area contributed by atoms with E-state index in [1.807, 2.05) is 0 Å². The average molecular weight is 318 g/mol. The van der Waals surface area contributed by atoms with E-state index in [2.05, 4.69) is 21.0 Å². The number of benzene rings is 1. The number of hydrogen-bond donors (Lipinski definition) is 0. The molecule has 0 fully saturated rings. The zero-order valence-corrected chi connectivity index (χ0v) is 10.3. The van der Waals surface area contributed by atoms with Gasteiger partial charge in [-0.15, -0.1) is 0 Å². The van der Waals surface area contributed by atoms with Crippen LogP contribution in [0.4, 0.5) is 14.5 Å². The zero-order chi connectivity index (χ0) is 13.3. The van der Waals surface area contributed by atoms with Crippen LogP contribution in [0.2, 0.25) is 0 Å². The van der Waals surface area contributed by atoms with E-state index in [1.165, 1.54) is 0 Å². The first-order chi connectivity index (χ1) is 8.49. The van der Waals surface area contributed by atoms with Crippen LogP contribution in [0.3, 0.4) is 0 Å². The van der Waals surface area contributed by atoms with E-state index in [0.29, 0.717) is 5.69 Å². The summed E-state index contributed by atoms with van der Waals surface area (Å²) < 4.78 is 27.1. The molecule has 0 aliphatic rings. The third kappa shape index (κ3) is 2.37. The molecule has 2 aromatic rings. The Labute approximate surface area is 108 Å².